The van der Waals surface area contributed by atoms with Gasteiger partial charge >= 0.3 is 0 Å². The molecule has 1 saturated carbocycles. The SMILES string of the molecule is NC(=NCc1cccc(OCC(F)F)c1)NC1CCCCCC1. The van der Waals surface area contributed by atoms with E-state index in [1.807, 2.05) is 6.07 Å². The van der Waals surface area contributed by atoms with Crippen LogP contribution in [-0.2, 0) is 6.54 Å². The van der Waals surface area contributed by atoms with Crippen LogP contribution in [0, 0.1) is 0 Å². The molecule has 4 nitrogen and oxygen atoms in total. The molecule has 1 aromatic rings. The lowest BCUT2D eigenvalue weighted by Gasteiger charge is -2.16. The van der Waals surface area contributed by atoms with Crippen LogP contribution in [0.2, 0.25) is 0 Å². The Morgan fingerprint density at radius 1 is 1.26 bits per heavy atom. The summed E-state index contributed by atoms with van der Waals surface area (Å²) in [7, 11) is 0. The lowest BCUT2D eigenvalue weighted by atomic mass is 10.1. The van der Waals surface area contributed by atoms with Gasteiger partial charge in [-0.05, 0) is 30.5 Å². The number of hydrogen-bond donors (Lipinski definition) is 2. The third-order valence-corrected chi connectivity index (χ3v) is 3.91. The van der Waals surface area contributed by atoms with Crippen LogP contribution in [0.25, 0.3) is 0 Å². The van der Waals surface area contributed by atoms with Crippen LogP contribution in [0.15, 0.2) is 29.3 Å². The number of nitrogens with zero attached hydrogens (tertiary/aromatic N) is 1. The van der Waals surface area contributed by atoms with Gasteiger partial charge in [-0.1, -0.05) is 37.8 Å². The molecular weight excluding hydrogens is 300 g/mol. The summed E-state index contributed by atoms with van der Waals surface area (Å²) in [6.07, 6.45) is 4.83. The Morgan fingerprint density at radius 2 is 2.00 bits per heavy atom. The Bertz CT molecular complexity index is 500. The fraction of sp³-hybridized carbons (Fsp3) is 0.588. The van der Waals surface area contributed by atoms with Crippen molar-refractivity contribution in [2.24, 2.45) is 10.7 Å². The molecule has 0 saturated heterocycles. The molecule has 1 aromatic carbocycles. The Morgan fingerprint density at radius 3 is 2.70 bits per heavy atom. The van der Waals surface area contributed by atoms with Crippen molar-refractivity contribution in [2.45, 2.75) is 57.5 Å². The maximum absolute atomic E-state index is 12.2. The van der Waals surface area contributed by atoms with Gasteiger partial charge in [-0.25, -0.2) is 13.8 Å². The second kappa shape index (κ2) is 9.33. The van der Waals surface area contributed by atoms with Gasteiger partial charge in [0.25, 0.3) is 6.43 Å². The minimum atomic E-state index is -2.48. The Balaban J connectivity index is 1.84. The van der Waals surface area contributed by atoms with Gasteiger partial charge in [0.05, 0.1) is 6.54 Å². The number of benzene rings is 1. The van der Waals surface area contributed by atoms with E-state index < -0.39 is 13.0 Å². The summed E-state index contributed by atoms with van der Waals surface area (Å²) in [6.45, 7) is -0.199. The van der Waals surface area contributed by atoms with E-state index in [0.717, 1.165) is 18.4 Å². The summed E-state index contributed by atoms with van der Waals surface area (Å²) in [6, 6.07) is 7.41. The van der Waals surface area contributed by atoms with Gasteiger partial charge < -0.3 is 15.8 Å². The van der Waals surface area contributed by atoms with E-state index in [4.69, 9.17) is 10.5 Å². The minimum Gasteiger partial charge on any atom is -0.488 e. The van der Waals surface area contributed by atoms with Crippen molar-refractivity contribution in [2.75, 3.05) is 6.61 Å². The number of alkyl halides is 2. The molecule has 0 aliphatic heterocycles. The van der Waals surface area contributed by atoms with Crippen LogP contribution in [0.1, 0.15) is 44.1 Å². The summed E-state index contributed by atoms with van der Waals surface area (Å²) < 4.78 is 29.3. The predicted octanol–water partition coefficient (Wildman–Crippen LogP) is 3.46. The van der Waals surface area contributed by atoms with Crippen LogP contribution in [0.4, 0.5) is 8.78 Å². The van der Waals surface area contributed by atoms with E-state index in [0.29, 0.717) is 24.3 Å². The zero-order valence-corrected chi connectivity index (χ0v) is 13.3. The maximum Gasteiger partial charge on any atom is 0.272 e. The van der Waals surface area contributed by atoms with Gasteiger partial charge in [0.1, 0.15) is 12.4 Å². The molecule has 1 aliphatic carbocycles. The van der Waals surface area contributed by atoms with E-state index in [-0.39, 0.29) is 0 Å². The fourth-order valence-electron chi connectivity index (χ4n) is 2.75. The number of guanidine groups is 1. The van der Waals surface area contributed by atoms with Crippen LogP contribution < -0.4 is 15.8 Å². The molecule has 0 aromatic heterocycles. The van der Waals surface area contributed by atoms with E-state index in [9.17, 15) is 8.78 Å². The first-order valence-corrected chi connectivity index (χ1v) is 8.20. The lowest BCUT2D eigenvalue weighted by molar-refractivity contribution is 0.0818. The maximum atomic E-state index is 12.2. The van der Waals surface area contributed by atoms with Crippen molar-refractivity contribution >= 4 is 5.96 Å². The quantitative estimate of drug-likeness (QED) is 0.478. The zero-order valence-electron chi connectivity index (χ0n) is 13.3. The number of ether oxygens (including phenoxy) is 1. The molecule has 1 aliphatic rings. The molecule has 1 fully saturated rings. The van der Waals surface area contributed by atoms with Gasteiger partial charge in [-0.15, -0.1) is 0 Å². The van der Waals surface area contributed by atoms with Gasteiger partial charge in [-0.2, -0.15) is 0 Å². The molecule has 0 amide bonds. The first-order valence-electron chi connectivity index (χ1n) is 8.20. The van der Waals surface area contributed by atoms with Crippen molar-refractivity contribution < 1.29 is 13.5 Å². The summed E-state index contributed by atoms with van der Waals surface area (Å²) >= 11 is 0. The molecule has 2 rings (SSSR count). The van der Waals surface area contributed by atoms with Crippen molar-refractivity contribution in [1.29, 1.82) is 0 Å². The summed E-state index contributed by atoms with van der Waals surface area (Å²) in [5.41, 5.74) is 6.83. The average Bonchev–Trinajstić information content (AvgIpc) is 2.80. The Kier molecular flexibility index (Phi) is 7.10. The molecule has 23 heavy (non-hydrogen) atoms. The number of nitrogens with two attached hydrogens (primary N) is 1. The standard InChI is InChI=1S/C17H25F2N3O/c18-16(19)12-23-15-9-5-6-13(10-15)11-21-17(20)22-14-7-3-1-2-4-8-14/h5-6,9-10,14,16H,1-4,7-8,11-12H2,(H3,20,21,22). The van der Waals surface area contributed by atoms with Crippen molar-refractivity contribution in [1.82, 2.24) is 5.32 Å². The molecule has 0 unspecified atom stereocenters. The Labute approximate surface area is 136 Å². The van der Waals surface area contributed by atoms with Crippen molar-refractivity contribution in [3.63, 3.8) is 0 Å². The zero-order chi connectivity index (χ0) is 16.5. The van der Waals surface area contributed by atoms with Crippen molar-refractivity contribution in [3.05, 3.63) is 29.8 Å². The Hall–Kier alpha value is -1.85. The van der Waals surface area contributed by atoms with E-state index in [1.165, 1.54) is 25.7 Å². The minimum absolute atomic E-state index is 0.400. The first-order chi connectivity index (χ1) is 11.1. The van der Waals surface area contributed by atoms with E-state index >= 15 is 0 Å². The summed E-state index contributed by atoms with van der Waals surface area (Å²) in [5, 5.41) is 3.28. The highest BCUT2D eigenvalue weighted by atomic mass is 19.3. The smallest absolute Gasteiger partial charge is 0.272 e. The highest BCUT2D eigenvalue weighted by molar-refractivity contribution is 5.78. The number of halogens is 2. The van der Waals surface area contributed by atoms with Gasteiger partial charge in [-0.3, -0.25) is 0 Å². The molecule has 0 spiro atoms. The molecule has 0 radical (unpaired) electrons. The van der Waals surface area contributed by atoms with Crippen LogP contribution >= 0.6 is 0 Å². The lowest BCUT2D eigenvalue weighted by Crippen LogP contribution is -2.39. The van der Waals surface area contributed by atoms with E-state index in [2.05, 4.69) is 10.3 Å². The second-order valence-electron chi connectivity index (χ2n) is 5.88. The largest absolute Gasteiger partial charge is 0.488 e. The third-order valence-electron chi connectivity index (χ3n) is 3.91. The highest BCUT2D eigenvalue weighted by Gasteiger charge is 2.12. The molecule has 0 bridgehead atoms. The number of aliphatic imine (C=N–C) groups is 1. The molecule has 128 valence electrons. The molecular formula is C17H25F2N3O. The van der Waals surface area contributed by atoms with Gasteiger partial charge in [0.15, 0.2) is 5.96 Å². The van der Waals surface area contributed by atoms with Crippen LogP contribution in [0.5, 0.6) is 5.75 Å². The second-order valence-corrected chi connectivity index (χ2v) is 5.88. The van der Waals surface area contributed by atoms with E-state index in [1.54, 1.807) is 18.2 Å². The highest BCUT2D eigenvalue weighted by Crippen LogP contribution is 2.17. The molecule has 0 heterocycles. The number of hydrogen-bond acceptors (Lipinski definition) is 2. The topological polar surface area (TPSA) is 59.6 Å². The summed E-state index contributed by atoms with van der Waals surface area (Å²) in [5.74, 6) is 0.865. The normalized spacial score (nSPS) is 17.1. The van der Waals surface area contributed by atoms with Gasteiger partial charge in [0.2, 0.25) is 0 Å². The number of rotatable bonds is 6. The third kappa shape index (κ3) is 6.84. The van der Waals surface area contributed by atoms with Crippen LogP contribution in [0.3, 0.4) is 0 Å². The monoisotopic (exact) mass is 325 g/mol. The van der Waals surface area contributed by atoms with Crippen LogP contribution in [-0.4, -0.2) is 25.0 Å². The average molecular weight is 325 g/mol. The fourth-order valence-corrected chi connectivity index (χ4v) is 2.75. The number of nitrogens with one attached hydrogen (secondary N) is 1. The summed E-state index contributed by atoms with van der Waals surface area (Å²) in [4.78, 5) is 4.34. The molecule has 6 heteroatoms. The first kappa shape index (κ1) is 17.5. The van der Waals surface area contributed by atoms with Gasteiger partial charge in [0, 0.05) is 6.04 Å². The molecule has 0 atom stereocenters. The van der Waals surface area contributed by atoms with Crippen molar-refractivity contribution in [3.8, 4) is 5.75 Å². The predicted molar refractivity (Wildman–Crippen MR) is 87.9 cm³/mol. The molecule has 3 N–H and O–H groups in total.